The summed E-state index contributed by atoms with van der Waals surface area (Å²) in [6, 6.07) is 17.6. The van der Waals surface area contributed by atoms with Gasteiger partial charge in [-0.3, -0.25) is 9.88 Å². The number of pyridine rings is 1. The predicted molar refractivity (Wildman–Crippen MR) is 137 cm³/mol. The first kappa shape index (κ1) is 20.1. The van der Waals surface area contributed by atoms with Gasteiger partial charge in [0.15, 0.2) is 0 Å². The lowest BCUT2D eigenvalue weighted by molar-refractivity contribution is -0.0483. The second kappa shape index (κ2) is 8.20. The van der Waals surface area contributed by atoms with Crippen LogP contribution in [0, 0.1) is 11.3 Å². The van der Waals surface area contributed by atoms with Gasteiger partial charge in [-0.25, -0.2) is 0 Å². The highest BCUT2D eigenvalue weighted by Crippen LogP contribution is 2.42. The summed E-state index contributed by atoms with van der Waals surface area (Å²) in [5.41, 5.74) is 6.42. The van der Waals surface area contributed by atoms with Crippen molar-refractivity contribution >= 4 is 22.3 Å². The molecule has 1 N–H and O–H groups in total. The second-order valence-corrected chi connectivity index (χ2v) is 10.3. The summed E-state index contributed by atoms with van der Waals surface area (Å²) in [6.45, 7) is 8.87. The van der Waals surface area contributed by atoms with Crippen molar-refractivity contribution in [2.24, 2.45) is 0 Å². The van der Waals surface area contributed by atoms with Gasteiger partial charge in [-0.05, 0) is 54.4 Å². The van der Waals surface area contributed by atoms with Crippen molar-refractivity contribution in [3.05, 3.63) is 65.3 Å². The third-order valence-electron chi connectivity index (χ3n) is 8.18. The summed E-state index contributed by atoms with van der Waals surface area (Å²) in [4.78, 5) is 12.0. The Morgan fingerprint density at radius 1 is 1.09 bits per heavy atom. The first-order valence-corrected chi connectivity index (χ1v) is 12.6. The number of hydrogen-bond donors (Lipinski definition) is 1. The van der Waals surface area contributed by atoms with Crippen LogP contribution < -0.4 is 15.1 Å². The molecular formula is C28H30N6O. The standard InChI is InChI=1S/C28H30N6O/c1-18-13-33(26-7-4-19(10-29)28-25(26)3-2-8-31-28)17-27-24-6-5-21(9-20(24)14-34(18)27)32-15-22-11-30-12-23(16-32)35-22/h2-9,18,22-23,27,30H,11-17H2,1H3/t18-,22?,23?,27-/m1/s1/i8D. The molecule has 5 heterocycles. The highest BCUT2D eigenvalue weighted by Gasteiger charge is 2.40. The molecule has 3 fully saturated rings. The summed E-state index contributed by atoms with van der Waals surface area (Å²) in [5.74, 6) is 0. The molecule has 2 unspecified atom stereocenters. The summed E-state index contributed by atoms with van der Waals surface area (Å²) < 4.78 is 14.1. The molecule has 3 saturated heterocycles. The maximum atomic E-state index is 9.58. The van der Waals surface area contributed by atoms with Crippen LogP contribution in [0.4, 0.5) is 11.4 Å². The first-order chi connectivity index (χ1) is 17.6. The molecule has 0 amide bonds. The van der Waals surface area contributed by atoms with Crippen LogP contribution in [0.1, 0.15) is 31.0 Å². The molecular weight excluding hydrogens is 436 g/mol. The molecule has 7 heteroatoms. The number of benzene rings is 2. The quantitative estimate of drug-likeness (QED) is 0.621. The lowest BCUT2D eigenvalue weighted by Crippen LogP contribution is -2.58. The number of hydrogen-bond acceptors (Lipinski definition) is 7. The van der Waals surface area contributed by atoms with E-state index in [9.17, 15) is 5.26 Å². The molecule has 2 aromatic carbocycles. The van der Waals surface area contributed by atoms with E-state index in [1.807, 2.05) is 12.1 Å². The van der Waals surface area contributed by atoms with Gasteiger partial charge in [0.05, 0.1) is 30.7 Å². The monoisotopic (exact) mass is 467 g/mol. The molecule has 3 aromatic rings. The number of fused-ring (bicyclic) bond motifs is 6. The van der Waals surface area contributed by atoms with E-state index in [4.69, 9.17) is 6.11 Å². The Morgan fingerprint density at radius 3 is 2.77 bits per heavy atom. The van der Waals surface area contributed by atoms with Crippen molar-refractivity contribution in [2.75, 3.05) is 49.1 Å². The summed E-state index contributed by atoms with van der Waals surface area (Å²) in [6.07, 6.45) is 0.733. The Labute approximate surface area is 207 Å². The minimum Gasteiger partial charge on any atom is -0.369 e. The zero-order chi connectivity index (χ0) is 24.4. The highest BCUT2D eigenvalue weighted by molar-refractivity contribution is 5.95. The number of ether oxygens (including phenoxy) is 1. The van der Waals surface area contributed by atoms with Crippen molar-refractivity contribution in [3.63, 3.8) is 0 Å². The third-order valence-corrected chi connectivity index (χ3v) is 8.18. The lowest BCUT2D eigenvalue weighted by Gasteiger charge is -2.44. The zero-order valence-corrected chi connectivity index (χ0v) is 19.9. The number of rotatable bonds is 2. The SMILES string of the molecule is [2H]c1ccc2c(N3C[C@@H](C)N4Cc5cc(N6CC7CNCC(C6)O7)ccc5[C@H]4C3)ccc(C#N)c2n1. The normalized spacial score (nSPS) is 28.4. The maximum Gasteiger partial charge on any atom is 0.101 e. The molecule has 4 aliphatic heterocycles. The van der Waals surface area contributed by atoms with Crippen LogP contribution in [-0.4, -0.2) is 67.4 Å². The van der Waals surface area contributed by atoms with Gasteiger partial charge in [-0.15, -0.1) is 0 Å². The van der Waals surface area contributed by atoms with Crippen molar-refractivity contribution in [2.45, 2.75) is 37.8 Å². The van der Waals surface area contributed by atoms with E-state index in [1.165, 1.54) is 16.8 Å². The van der Waals surface area contributed by atoms with Crippen molar-refractivity contribution in [1.82, 2.24) is 15.2 Å². The molecule has 7 nitrogen and oxygen atoms in total. The van der Waals surface area contributed by atoms with Crippen LogP contribution in [0.3, 0.4) is 0 Å². The van der Waals surface area contributed by atoms with Gasteiger partial charge in [-0.1, -0.05) is 6.07 Å². The van der Waals surface area contributed by atoms with Crippen LogP contribution in [0.15, 0.2) is 48.6 Å². The number of aromatic nitrogens is 1. The van der Waals surface area contributed by atoms with Gasteiger partial charge >= 0.3 is 0 Å². The molecule has 178 valence electrons. The molecule has 0 aliphatic carbocycles. The number of nitrogens with zero attached hydrogens (tertiary/aromatic N) is 5. The fourth-order valence-electron chi connectivity index (χ4n) is 6.54. The van der Waals surface area contributed by atoms with Crippen LogP contribution in [0.5, 0.6) is 0 Å². The van der Waals surface area contributed by atoms with E-state index < -0.39 is 0 Å². The average molecular weight is 468 g/mol. The van der Waals surface area contributed by atoms with E-state index in [1.54, 1.807) is 6.07 Å². The van der Waals surface area contributed by atoms with Gasteiger partial charge in [-0.2, -0.15) is 5.26 Å². The highest BCUT2D eigenvalue weighted by atomic mass is 16.5. The van der Waals surface area contributed by atoms with Crippen LogP contribution in [-0.2, 0) is 11.3 Å². The molecule has 0 saturated carbocycles. The second-order valence-electron chi connectivity index (χ2n) is 10.3. The van der Waals surface area contributed by atoms with E-state index in [2.05, 4.69) is 62.3 Å². The number of morpholine rings is 2. The van der Waals surface area contributed by atoms with Crippen molar-refractivity contribution in [3.8, 4) is 6.07 Å². The fraction of sp³-hybridized carbons (Fsp3) is 0.429. The smallest absolute Gasteiger partial charge is 0.101 e. The minimum absolute atomic E-state index is 0.190. The van der Waals surface area contributed by atoms with Gasteiger partial charge in [0, 0.05) is 74.8 Å². The van der Waals surface area contributed by atoms with Gasteiger partial charge in [0.1, 0.15) is 6.07 Å². The summed E-state index contributed by atoms with van der Waals surface area (Å²) >= 11 is 0. The first-order valence-electron chi connectivity index (χ1n) is 13.1. The van der Waals surface area contributed by atoms with E-state index >= 15 is 0 Å². The van der Waals surface area contributed by atoms with Crippen LogP contribution in [0.2, 0.25) is 0 Å². The minimum atomic E-state index is 0.190. The molecule has 0 radical (unpaired) electrons. The molecule has 2 bridgehead atoms. The van der Waals surface area contributed by atoms with Crippen LogP contribution in [0.25, 0.3) is 10.9 Å². The fourth-order valence-corrected chi connectivity index (χ4v) is 6.54. The Bertz CT molecular complexity index is 1380. The average Bonchev–Trinajstić information content (AvgIpc) is 3.26. The Balaban J connectivity index is 1.19. The molecule has 1 aromatic heterocycles. The Kier molecular flexibility index (Phi) is 4.70. The largest absolute Gasteiger partial charge is 0.369 e. The number of anilines is 2. The molecule has 35 heavy (non-hydrogen) atoms. The van der Waals surface area contributed by atoms with E-state index in [0.717, 1.165) is 56.9 Å². The molecule has 4 atom stereocenters. The van der Waals surface area contributed by atoms with Crippen LogP contribution >= 0.6 is 0 Å². The number of piperazine rings is 1. The van der Waals surface area contributed by atoms with Gasteiger partial charge < -0.3 is 19.9 Å². The van der Waals surface area contributed by atoms with E-state index in [-0.39, 0.29) is 18.4 Å². The molecule has 7 rings (SSSR count). The lowest BCUT2D eigenvalue weighted by atomic mass is 9.99. The summed E-state index contributed by atoms with van der Waals surface area (Å²) in [7, 11) is 0. The third kappa shape index (κ3) is 3.48. The Morgan fingerprint density at radius 2 is 1.94 bits per heavy atom. The number of nitriles is 1. The van der Waals surface area contributed by atoms with Crippen molar-refractivity contribution < 1.29 is 6.11 Å². The Hall–Kier alpha value is -3.18. The molecule has 0 spiro atoms. The maximum absolute atomic E-state index is 9.58. The van der Waals surface area contributed by atoms with Gasteiger partial charge in [0.25, 0.3) is 0 Å². The zero-order valence-electron chi connectivity index (χ0n) is 20.9. The molecule has 4 aliphatic rings. The van der Waals surface area contributed by atoms with Gasteiger partial charge in [0.2, 0.25) is 0 Å². The van der Waals surface area contributed by atoms with E-state index in [0.29, 0.717) is 23.2 Å². The summed E-state index contributed by atoms with van der Waals surface area (Å²) in [5, 5.41) is 14.0. The number of nitrogens with one attached hydrogen (secondary N) is 1. The predicted octanol–water partition coefficient (Wildman–Crippen LogP) is 3.05. The van der Waals surface area contributed by atoms with Crippen molar-refractivity contribution in [1.29, 1.82) is 5.26 Å². The topological polar surface area (TPSA) is 67.7 Å².